The van der Waals surface area contributed by atoms with Gasteiger partial charge in [-0.15, -0.1) is 0 Å². The molecule has 1 atom stereocenters. The standard InChI is InChI=1S/C21H31NO2/c1-5-7-8-9-12-17(3)18(6-2)15-16-22-20-14-11-10-13-19(20)21(23)24-4/h10-14,16,18H,5-9,15H2,1-4H3/b17-12+,22-16?. The van der Waals surface area contributed by atoms with Gasteiger partial charge in [0.25, 0.3) is 0 Å². The summed E-state index contributed by atoms with van der Waals surface area (Å²) < 4.78 is 4.81. The van der Waals surface area contributed by atoms with E-state index >= 15 is 0 Å². The van der Waals surface area contributed by atoms with Crippen LogP contribution in [-0.4, -0.2) is 19.3 Å². The molecule has 0 aliphatic rings. The number of aliphatic imine (C=N–C) groups is 1. The van der Waals surface area contributed by atoms with Crippen LogP contribution in [0, 0.1) is 5.92 Å². The highest BCUT2D eigenvalue weighted by Gasteiger charge is 2.10. The smallest absolute Gasteiger partial charge is 0.340 e. The van der Waals surface area contributed by atoms with Gasteiger partial charge in [-0.25, -0.2) is 4.79 Å². The highest BCUT2D eigenvalue weighted by molar-refractivity contribution is 5.95. The number of rotatable bonds is 10. The second-order valence-corrected chi connectivity index (χ2v) is 6.11. The summed E-state index contributed by atoms with van der Waals surface area (Å²) in [5.74, 6) is 0.169. The molecule has 0 saturated carbocycles. The maximum atomic E-state index is 11.8. The normalized spacial score (nSPS) is 13.2. The lowest BCUT2D eigenvalue weighted by molar-refractivity contribution is 0.0601. The monoisotopic (exact) mass is 329 g/mol. The molecule has 0 heterocycles. The number of nitrogens with zero attached hydrogens (tertiary/aromatic N) is 1. The average molecular weight is 329 g/mol. The zero-order valence-corrected chi connectivity index (χ0v) is 15.5. The van der Waals surface area contributed by atoms with Crippen molar-refractivity contribution in [3.05, 3.63) is 41.5 Å². The SMILES string of the molecule is CCCCC/C=C(\C)C(CC)CC=Nc1ccccc1C(=O)OC. The Hall–Kier alpha value is -1.90. The van der Waals surface area contributed by atoms with Gasteiger partial charge in [0.2, 0.25) is 0 Å². The lowest BCUT2D eigenvalue weighted by Crippen LogP contribution is -2.03. The summed E-state index contributed by atoms with van der Waals surface area (Å²) in [6.45, 7) is 6.66. The van der Waals surface area contributed by atoms with Crippen molar-refractivity contribution in [2.75, 3.05) is 7.11 Å². The molecule has 1 aromatic rings. The fourth-order valence-corrected chi connectivity index (χ4v) is 2.71. The number of benzene rings is 1. The molecule has 1 aromatic carbocycles. The second kappa shape index (κ2) is 11.6. The van der Waals surface area contributed by atoms with Gasteiger partial charge >= 0.3 is 5.97 Å². The number of carbonyl (C=O) groups excluding carboxylic acids is 1. The van der Waals surface area contributed by atoms with E-state index in [9.17, 15) is 4.79 Å². The van der Waals surface area contributed by atoms with Crippen molar-refractivity contribution in [3.8, 4) is 0 Å². The minimum atomic E-state index is -0.346. The average Bonchev–Trinajstić information content (AvgIpc) is 2.62. The molecule has 0 fully saturated rings. The van der Waals surface area contributed by atoms with Crippen molar-refractivity contribution in [3.63, 3.8) is 0 Å². The van der Waals surface area contributed by atoms with Crippen LogP contribution in [0.25, 0.3) is 0 Å². The summed E-state index contributed by atoms with van der Waals surface area (Å²) in [5, 5.41) is 0. The maximum absolute atomic E-state index is 11.8. The minimum absolute atomic E-state index is 0.346. The molecule has 0 bridgehead atoms. The maximum Gasteiger partial charge on any atom is 0.340 e. The first-order chi connectivity index (χ1) is 11.6. The third kappa shape index (κ3) is 6.69. The first kappa shape index (κ1) is 20.1. The van der Waals surface area contributed by atoms with Crippen molar-refractivity contribution < 1.29 is 9.53 Å². The fourth-order valence-electron chi connectivity index (χ4n) is 2.71. The zero-order chi connectivity index (χ0) is 17.8. The highest BCUT2D eigenvalue weighted by Crippen LogP contribution is 2.22. The predicted molar refractivity (Wildman–Crippen MR) is 102 cm³/mol. The molecule has 24 heavy (non-hydrogen) atoms. The largest absolute Gasteiger partial charge is 0.465 e. The van der Waals surface area contributed by atoms with E-state index in [1.165, 1.54) is 38.4 Å². The quantitative estimate of drug-likeness (QED) is 0.224. The molecule has 0 aliphatic carbocycles. The molecular formula is C21H31NO2. The van der Waals surface area contributed by atoms with Gasteiger partial charge in [-0.05, 0) is 50.7 Å². The molecule has 0 aliphatic heterocycles. The number of hydrogen-bond donors (Lipinski definition) is 0. The molecule has 0 radical (unpaired) electrons. The first-order valence-corrected chi connectivity index (χ1v) is 9.00. The third-order valence-corrected chi connectivity index (χ3v) is 4.34. The van der Waals surface area contributed by atoms with E-state index in [1.807, 2.05) is 24.4 Å². The first-order valence-electron chi connectivity index (χ1n) is 9.00. The van der Waals surface area contributed by atoms with Crippen LogP contribution in [0.3, 0.4) is 0 Å². The number of ether oxygens (including phenoxy) is 1. The molecule has 0 saturated heterocycles. The number of unbranched alkanes of at least 4 members (excludes halogenated alkanes) is 3. The Labute approximate surface area is 146 Å². The third-order valence-electron chi connectivity index (χ3n) is 4.34. The lowest BCUT2D eigenvalue weighted by Gasteiger charge is -2.13. The van der Waals surface area contributed by atoms with Crippen molar-refractivity contribution >= 4 is 17.9 Å². The number of hydrogen-bond acceptors (Lipinski definition) is 3. The molecule has 3 heteroatoms. The summed E-state index contributed by atoms with van der Waals surface area (Å²) in [5.41, 5.74) is 2.63. The number of methoxy groups -OCH3 is 1. The van der Waals surface area contributed by atoms with Crippen LogP contribution >= 0.6 is 0 Å². The molecule has 0 aromatic heterocycles. The van der Waals surface area contributed by atoms with Gasteiger partial charge in [0.05, 0.1) is 18.4 Å². The zero-order valence-electron chi connectivity index (χ0n) is 15.5. The number of carbonyl (C=O) groups is 1. The van der Waals surface area contributed by atoms with Gasteiger partial charge in [0.15, 0.2) is 0 Å². The Morgan fingerprint density at radius 3 is 2.67 bits per heavy atom. The molecular weight excluding hydrogens is 298 g/mol. The van der Waals surface area contributed by atoms with Crippen LogP contribution in [-0.2, 0) is 4.74 Å². The molecule has 0 N–H and O–H groups in total. The molecule has 1 unspecified atom stereocenters. The summed E-state index contributed by atoms with van der Waals surface area (Å²) in [7, 11) is 1.39. The minimum Gasteiger partial charge on any atom is -0.465 e. The van der Waals surface area contributed by atoms with Crippen molar-refractivity contribution in [1.82, 2.24) is 0 Å². The Kier molecular flexibility index (Phi) is 9.74. The van der Waals surface area contributed by atoms with Gasteiger partial charge in [-0.3, -0.25) is 4.99 Å². The summed E-state index contributed by atoms with van der Waals surface area (Å²) in [6, 6.07) is 7.30. The van der Waals surface area contributed by atoms with E-state index in [-0.39, 0.29) is 5.97 Å². The van der Waals surface area contributed by atoms with Crippen LogP contribution in [0.5, 0.6) is 0 Å². The number of allylic oxidation sites excluding steroid dienone is 2. The van der Waals surface area contributed by atoms with Gasteiger partial charge in [-0.1, -0.05) is 50.5 Å². The number of esters is 1. The van der Waals surface area contributed by atoms with Crippen molar-refractivity contribution in [2.24, 2.45) is 10.9 Å². The van der Waals surface area contributed by atoms with Crippen LogP contribution in [0.4, 0.5) is 5.69 Å². The summed E-state index contributed by atoms with van der Waals surface area (Å²) in [4.78, 5) is 16.3. The lowest BCUT2D eigenvalue weighted by atomic mass is 9.93. The van der Waals surface area contributed by atoms with Crippen LogP contribution in [0.15, 0.2) is 40.9 Å². The summed E-state index contributed by atoms with van der Waals surface area (Å²) in [6.07, 6.45) is 11.3. The molecule has 1 rings (SSSR count). The van der Waals surface area contributed by atoms with Gasteiger partial charge in [0.1, 0.15) is 0 Å². The molecule has 3 nitrogen and oxygen atoms in total. The van der Waals surface area contributed by atoms with E-state index in [0.717, 1.165) is 12.8 Å². The van der Waals surface area contributed by atoms with Gasteiger partial charge < -0.3 is 4.74 Å². The molecule has 132 valence electrons. The van der Waals surface area contributed by atoms with Crippen LogP contribution < -0.4 is 0 Å². The van der Waals surface area contributed by atoms with Crippen LogP contribution in [0.1, 0.15) is 69.7 Å². The van der Waals surface area contributed by atoms with E-state index in [2.05, 4.69) is 31.8 Å². The Morgan fingerprint density at radius 1 is 1.25 bits per heavy atom. The summed E-state index contributed by atoms with van der Waals surface area (Å²) >= 11 is 0. The van der Waals surface area contributed by atoms with E-state index in [4.69, 9.17) is 4.74 Å². The van der Waals surface area contributed by atoms with E-state index in [1.54, 1.807) is 6.07 Å². The predicted octanol–water partition coefficient (Wildman–Crippen LogP) is 6.12. The number of para-hydroxylation sites is 1. The van der Waals surface area contributed by atoms with Crippen molar-refractivity contribution in [1.29, 1.82) is 0 Å². The Morgan fingerprint density at radius 2 is 2.00 bits per heavy atom. The Bertz CT molecular complexity index is 561. The molecule has 0 amide bonds. The Balaban J connectivity index is 2.69. The molecule has 0 spiro atoms. The topological polar surface area (TPSA) is 38.7 Å². The fraction of sp³-hybridized carbons (Fsp3) is 0.524. The highest BCUT2D eigenvalue weighted by atomic mass is 16.5. The van der Waals surface area contributed by atoms with Gasteiger partial charge in [-0.2, -0.15) is 0 Å². The van der Waals surface area contributed by atoms with Crippen molar-refractivity contribution in [2.45, 2.75) is 59.3 Å². The van der Waals surface area contributed by atoms with E-state index < -0.39 is 0 Å². The van der Waals surface area contributed by atoms with Crippen LogP contribution in [0.2, 0.25) is 0 Å². The second-order valence-electron chi connectivity index (χ2n) is 6.11. The van der Waals surface area contributed by atoms with Gasteiger partial charge in [0, 0.05) is 6.21 Å². The van der Waals surface area contributed by atoms with E-state index in [0.29, 0.717) is 17.2 Å².